The summed E-state index contributed by atoms with van der Waals surface area (Å²) < 4.78 is 5.23. The quantitative estimate of drug-likeness (QED) is 0.573. The van der Waals surface area contributed by atoms with E-state index in [0.29, 0.717) is 13.0 Å². The molecule has 15 heavy (non-hydrogen) atoms. The minimum absolute atomic E-state index is 0.202. The fourth-order valence-corrected chi connectivity index (χ4v) is 2.15. The summed E-state index contributed by atoms with van der Waals surface area (Å²) in [5.74, 6) is 0.202. The van der Waals surface area contributed by atoms with Crippen molar-refractivity contribution in [2.75, 3.05) is 6.54 Å². The molecule has 2 aliphatic rings. The average Bonchev–Trinajstić information content (AvgIpc) is 2.66. The van der Waals surface area contributed by atoms with E-state index in [1.807, 2.05) is 20.8 Å². The molecule has 0 bridgehead atoms. The highest BCUT2D eigenvalue weighted by molar-refractivity contribution is 5.98. The first kappa shape index (κ1) is 10.5. The summed E-state index contributed by atoms with van der Waals surface area (Å²) in [6, 6.07) is 0. The highest BCUT2D eigenvalue weighted by atomic mass is 16.6. The van der Waals surface area contributed by atoms with Crippen LogP contribution in [0.4, 0.5) is 4.79 Å². The molecular formula is C11H17NO3. The Kier molecular flexibility index (Phi) is 2.07. The van der Waals surface area contributed by atoms with Crippen LogP contribution in [0.5, 0.6) is 0 Å². The Morgan fingerprint density at radius 3 is 2.60 bits per heavy atom. The van der Waals surface area contributed by atoms with Crippen LogP contribution in [0.3, 0.4) is 0 Å². The van der Waals surface area contributed by atoms with E-state index >= 15 is 0 Å². The summed E-state index contributed by atoms with van der Waals surface area (Å²) in [6.45, 7) is 6.05. The van der Waals surface area contributed by atoms with Gasteiger partial charge in [-0.3, -0.25) is 9.69 Å². The highest BCUT2D eigenvalue weighted by Gasteiger charge is 2.63. The molecule has 0 aromatic heterocycles. The van der Waals surface area contributed by atoms with E-state index in [-0.39, 0.29) is 11.9 Å². The summed E-state index contributed by atoms with van der Waals surface area (Å²) in [7, 11) is 0. The molecule has 2 rings (SSSR count). The van der Waals surface area contributed by atoms with E-state index in [4.69, 9.17) is 4.74 Å². The molecular weight excluding hydrogens is 194 g/mol. The summed E-state index contributed by atoms with van der Waals surface area (Å²) in [5.41, 5.74) is -0.954. The lowest BCUT2D eigenvalue weighted by atomic mass is 10.1. The molecule has 1 saturated heterocycles. The fraction of sp³-hybridized carbons (Fsp3) is 0.818. The lowest BCUT2D eigenvalue weighted by molar-refractivity contribution is -0.120. The van der Waals surface area contributed by atoms with E-state index in [9.17, 15) is 9.59 Å². The molecule has 0 radical (unpaired) electrons. The summed E-state index contributed by atoms with van der Waals surface area (Å²) in [4.78, 5) is 24.8. The van der Waals surface area contributed by atoms with Crippen molar-refractivity contribution < 1.29 is 14.3 Å². The van der Waals surface area contributed by atoms with Crippen molar-refractivity contribution in [2.45, 2.75) is 51.2 Å². The Hall–Kier alpha value is -1.06. The van der Waals surface area contributed by atoms with E-state index < -0.39 is 11.1 Å². The van der Waals surface area contributed by atoms with Crippen molar-refractivity contribution in [3.05, 3.63) is 0 Å². The van der Waals surface area contributed by atoms with Gasteiger partial charge in [-0.05, 0) is 33.6 Å². The molecule has 4 heteroatoms. The SMILES string of the molecule is CC(C)(C)OC(=O)N1CC12CCCC2=O. The maximum Gasteiger partial charge on any atom is 0.411 e. The van der Waals surface area contributed by atoms with Gasteiger partial charge >= 0.3 is 6.09 Å². The lowest BCUT2D eigenvalue weighted by Gasteiger charge is -2.20. The van der Waals surface area contributed by atoms with E-state index in [0.717, 1.165) is 12.8 Å². The molecule has 1 aliphatic carbocycles. The van der Waals surface area contributed by atoms with Gasteiger partial charge < -0.3 is 4.74 Å². The van der Waals surface area contributed by atoms with Gasteiger partial charge in [0, 0.05) is 6.42 Å². The Morgan fingerprint density at radius 2 is 2.13 bits per heavy atom. The molecule has 1 unspecified atom stereocenters. The molecule has 1 aliphatic heterocycles. The molecule has 1 spiro atoms. The molecule has 0 N–H and O–H groups in total. The molecule has 0 aromatic carbocycles. The van der Waals surface area contributed by atoms with Crippen LogP contribution in [-0.2, 0) is 9.53 Å². The van der Waals surface area contributed by atoms with Gasteiger partial charge in [-0.15, -0.1) is 0 Å². The van der Waals surface area contributed by atoms with Crippen molar-refractivity contribution in [1.29, 1.82) is 0 Å². The molecule has 1 saturated carbocycles. The number of amides is 1. The van der Waals surface area contributed by atoms with Crippen LogP contribution in [0.25, 0.3) is 0 Å². The topological polar surface area (TPSA) is 46.4 Å². The minimum Gasteiger partial charge on any atom is -0.444 e. The predicted octanol–water partition coefficient (Wildman–Crippen LogP) is 1.73. The zero-order chi connectivity index (χ0) is 11.3. The van der Waals surface area contributed by atoms with Crippen LogP contribution in [0.15, 0.2) is 0 Å². The zero-order valence-corrected chi connectivity index (χ0v) is 9.50. The Labute approximate surface area is 89.6 Å². The first-order valence-electron chi connectivity index (χ1n) is 5.39. The number of carbonyl (C=O) groups excluding carboxylic acids is 2. The number of rotatable bonds is 0. The molecule has 84 valence electrons. The normalized spacial score (nSPS) is 29.8. The second-order valence-electron chi connectivity index (χ2n) is 5.37. The summed E-state index contributed by atoms with van der Waals surface area (Å²) >= 11 is 0. The van der Waals surface area contributed by atoms with Crippen molar-refractivity contribution >= 4 is 11.9 Å². The van der Waals surface area contributed by atoms with Gasteiger partial charge in [0.05, 0.1) is 6.54 Å². The van der Waals surface area contributed by atoms with Crippen molar-refractivity contribution in [3.8, 4) is 0 Å². The Bertz CT molecular complexity index is 318. The predicted molar refractivity (Wildman–Crippen MR) is 54.5 cm³/mol. The molecule has 1 atom stereocenters. The van der Waals surface area contributed by atoms with E-state index in [1.165, 1.54) is 0 Å². The van der Waals surface area contributed by atoms with Crippen LogP contribution in [0.2, 0.25) is 0 Å². The largest absolute Gasteiger partial charge is 0.444 e. The standard InChI is InChI=1S/C11H17NO3/c1-10(2,3)15-9(14)12-7-11(12)6-4-5-8(11)13/h4-7H2,1-3H3. The second-order valence-corrected chi connectivity index (χ2v) is 5.37. The number of ketones is 1. The average molecular weight is 211 g/mol. The maximum atomic E-state index is 11.7. The third-order valence-electron chi connectivity index (χ3n) is 2.96. The monoisotopic (exact) mass is 211 g/mol. The Morgan fingerprint density at radius 1 is 1.47 bits per heavy atom. The number of nitrogens with zero attached hydrogens (tertiary/aromatic N) is 1. The van der Waals surface area contributed by atoms with Gasteiger partial charge in [0.25, 0.3) is 0 Å². The summed E-state index contributed by atoms with van der Waals surface area (Å²) in [6.07, 6.45) is 1.97. The van der Waals surface area contributed by atoms with Gasteiger partial charge in [0.2, 0.25) is 0 Å². The Balaban J connectivity index is 1.99. The lowest BCUT2D eigenvalue weighted by Crippen LogP contribution is -2.32. The van der Waals surface area contributed by atoms with E-state index in [1.54, 1.807) is 4.90 Å². The van der Waals surface area contributed by atoms with Gasteiger partial charge in [0.1, 0.15) is 11.1 Å². The van der Waals surface area contributed by atoms with Crippen LogP contribution >= 0.6 is 0 Å². The fourth-order valence-electron chi connectivity index (χ4n) is 2.15. The van der Waals surface area contributed by atoms with Gasteiger partial charge in [-0.1, -0.05) is 0 Å². The van der Waals surface area contributed by atoms with Crippen LogP contribution in [-0.4, -0.2) is 34.5 Å². The van der Waals surface area contributed by atoms with Crippen LogP contribution in [0.1, 0.15) is 40.0 Å². The van der Waals surface area contributed by atoms with Crippen molar-refractivity contribution in [3.63, 3.8) is 0 Å². The second kappa shape index (κ2) is 2.97. The number of hydrogen-bond acceptors (Lipinski definition) is 3. The third-order valence-corrected chi connectivity index (χ3v) is 2.96. The number of ether oxygens (including phenoxy) is 1. The van der Waals surface area contributed by atoms with Gasteiger partial charge in [0.15, 0.2) is 5.78 Å². The van der Waals surface area contributed by atoms with Crippen LogP contribution < -0.4 is 0 Å². The van der Waals surface area contributed by atoms with Crippen molar-refractivity contribution in [2.24, 2.45) is 0 Å². The first-order valence-corrected chi connectivity index (χ1v) is 5.39. The minimum atomic E-state index is -0.484. The van der Waals surface area contributed by atoms with Crippen LogP contribution in [0, 0.1) is 0 Å². The van der Waals surface area contributed by atoms with Gasteiger partial charge in [-0.25, -0.2) is 4.79 Å². The molecule has 1 heterocycles. The number of Topliss-reactive ketones (excluding diaryl/α,β-unsaturated/α-hetero) is 1. The zero-order valence-electron chi connectivity index (χ0n) is 9.50. The molecule has 0 aromatic rings. The third kappa shape index (κ3) is 1.73. The van der Waals surface area contributed by atoms with Gasteiger partial charge in [-0.2, -0.15) is 0 Å². The molecule has 4 nitrogen and oxygen atoms in total. The first-order chi connectivity index (χ1) is 6.85. The van der Waals surface area contributed by atoms with Crippen molar-refractivity contribution in [1.82, 2.24) is 4.90 Å². The highest BCUT2D eigenvalue weighted by Crippen LogP contribution is 2.44. The number of carbonyl (C=O) groups is 2. The summed E-state index contributed by atoms with van der Waals surface area (Å²) in [5, 5.41) is 0. The van der Waals surface area contributed by atoms with E-state index in [2.05, 4.69) is 0 Å². The molecule has 1 amide bonds. The number of hydrogen-bond donors (Lipinski definition) is 0. The smallest absolute Gasteiger partial charge is 0.411 e. The maximum absolute atomic E-state index is 11.7. The molecule has 2 fully saturated rings.